The molecule has 0 fully saturated rings. The molecular formula is C15H19N. The lowest BCUT2D eigenvalue weighted by molar-refractivity contribution is 1.39. The number of hydrogen-bond acceptors (Lipinski definition) is 1. The van der Waals surface area contributed by atoms with E-state index in [0.29, 0.717) is 0 Å². The van der Waals surface area contributed by atoms with Crippen LogP contribution in [0.3, 0.4) is 0 Å². The summed E-state index contributed by atoms with van der Waals surface area (Å²) in [6.45, 7) is 6.10. The molecule has 16 heavy (non-hydrogen) atoms. The molecule has 0 bridgehead atoms. The maximum Gasteiger partial charge on any atom is 0.0316 e. The van der Waals surface area contributed by atoms with Crippen molar-refractivity contribution in [2.45, 2.75) is 20.8 Å². The van der Waals surface area contributed by atoms with Crippen molar-refractivity contribution in [3.05, 3.63) is 65.4 Å². The predicted octanol–water partition coefficient (Wildman–Crippen LogP) is 3.82. The average molecular weight is 213 g/mol. The zero-order valence-corrected chi connectivity index (χ0v) is 10.2. The van der Waals surface area contributed by atoms with Gasteiger partial charge in [-0.3, -0.25) is 0 Å². The zero-order chi connectivity index (χ0) is 12.0. The molecule has 0 spiro atoms. The lowest BCUT2D eigenvalue weighted by Crippen LogP contribution is -1.94. The third-order valence-corrected chi connectivity index (χ3v) is 2.45. The number of benzene rings is 1. The summed E-state index contributed by atoms with van der Waals surface area (Å²) in [7, 11) is 0. The number of allylic oxidation sites excluding steroid dienone is 5. The second-order valence-electron chi connectivity index (χ2n) is 3.70. The van der Waals surface area contributed by atoms with Gasteiger partial charge in [0, 0.05) is 5.70 Å². The molecular weight excluding hydrogens is 194 g/mol. The normalized spacial score (nSPS) is 13.4. The average Bonchev–Trinajstić information content (AvgIpc) is 2.27. The summed E-state index contributed by atoms with van der Waals surface area (Å²) in [5.41, 5.74) is 10.3. The molecule has 1 heteroatoms. The summed E-state index contributed by atoms with van der Waals surface area (Å²) in [6, 6.07) is 8.32. The van der Waals surface area contributed by atoms with Crippen LogP contribution < -0.4 is 5.73 Å². The van der Waals surface area contributed by atoms with E-state index in [1.54, 1.807) is 0 Å². The van der Waals surface area contributed by atoms with E-state index in [1.165, 1.54) is 11.1 Å². The molecule has 0 heterocycles. The molecule has 0 aliphatic heterocycles. The van der Waals surface area contributed by atoms with Crippen LogP contribution in [0.15, 0.2) is 54.3 Å². The highest BCUT2D eigenvalue weighted by Crippen LogP contribution is 2.20. The summed E-state index contributed by atoms with van der Waals surface area (Å²) in [5.74, 6) is 0. The van der Waals surface area contributed by atoms with Crippen molar-refractivity contribution in [1.29, 1.82) is 0 Å². The van der Waals surface area contributed by atoms with Crippen molar-refractivity contribution in [3.63, 3.8) is 0 Å². The van der Waals surface area contributed by atoms with Gasteiger partial charge in [0.25, 0.3) is 0 Å². The van der Waals surface area contributed by atoms with Gasteiger partial charge in [-0.25, -0.2) is 0 Å². The third-order valence-electron chi connectivity index (χ3n) is 2.45. The van der Waals surface area contributed by atoms with Crippen LogP contribution >= 0.6 is 0 Å². The van der Waals surface area contributed by atoms with Crippen LogP contribution in [-0.4, -0.2) is 0 Å². The highest BCUT2D eigenvalue weighted by Gasteiger charge is 2.00. The molecule has 0 atom stereocenters. The van der Waals surface area contributed by atoms with Crippen molar-refractivity contribution in [3.8, 4) is 0 Å². The molecule has 1 rings (SSSR count). The first-order valence-corrected chi connectivity index (χ1v) is 5.51. The zero-order valence-electron chi connectivity index (χ0n) is 10.2. The number of aryl methyl sites for hydroxylation is 1. The van der Waals surface area contributed by atoms with E-state index in [9.17, 15) is 0 Å². The monoisotopic (exact) mass is 213 g/mol. The quantitative estimate of drug-likeness (QED) is 0.759. The van der Waals surface area contributed by atoms with Crippen molar-refractivity contribution in [2.75, 3.05) is 0 Å². The minimum Gasteiger partial charge on any atom is -0.399 e. The second-order valence-corrected chi connectivity index (χ2v) is 3.70. The molecule has 0 amide bonds. The van der Waals surface area contributed by atoms with Gasteiger partial charge in [-0.2, -0.15) is 0 Å². The highest BCUT2D eigenvalue weighted by atomic mass is 14.5. The Hall–Kier alpha value is -1.76. The Morgan fingerprint density at radius 2 is 1.88 bits per heavy atom. The molecule has 1 nitrogen and oxygen atoms in total. The summed E-state index contributed by atoms with van der Waals surface area (Å²) in [5, 5.41) is 0. The van der Waals surface area contributed by atoms with Gasteiger partial charge in [0.1, 0.15) is 0 Å². The van der Waals surface area contributed by atoms with Crippen LogP contribution in [0.5, 0.6) is 0 Å². The molecule has 0 aromatic heterocycles. The van der Waals surface area contributed by atoms with E-state index in [0.717, 1.165) is 11.3 Å². The Kier molecular flexibility index (Phi) is 4.59. The van der Waals surface area contributed by atoms with Gasteiger partial charge in [-0.15, -0.1) is 0 Å². The number of hydrogen-bond donors (Lipinski definition) is 1. The number of rotatable bonds is 3. The van der Waals surface area contributed by atoms with Gasteiger partial charge in [0.2, 0.25) is 0 Å². The van der Waals surface area contributed by atoms with Gasteiger partial charge >= 0.3 is 0 Å². The van der Waals surface area contributed by atoms with Crippen LogP contribution in [0, 0.1) is 6.92 Å². The first kappa shape index (κ1) is 12.3. The lowest BCUT2D eigenvalue weighted by Gasteiger charge is -2.06. The highest BCUT2D eigenvalue weighted by molar-refractivity contribution is 5.76. The largest absolute Gasteiger partial charge is 0.399 e. The Morgan fingerprint density at radius 1 is 1.19 bits per heavy atom. The fourth-order valence-corrected chi connectivity index (χ4v) is 1.63. The molecule has 0 unspecified atom stereocenters. The topological polar surface area (TPSA) is 26.0 Å². The summed E-state index contributed by atoms with van der Waals surface area (Å²) >= 11 is 0. The van der Waals surface area contributed by atoms with E-state index in [-0.39, 0.29) is 0 Å². The van der Waals surface area contributed by atoms with Crippen LogP contribution in [0.25, 0.3) is 5.57 Å². The van der Waals surface area contributed by atoms with Crippen molar-refractivity contribution in [1.82, 2.24) is 0 Å². The first-order chi connectivity index (χ1) is 7.69. The third kappa shape index (κ3) is 3.13. The standard InChI is InChI=1S/C15H19N/c1-4-8-14(16)11-13(5-2)15-10-7-6-9-12(15)3/h4-11H,16H2,1-3H3/b8-4-,13-5+,14-11+. The smallest absolute Gasteiger partial charge is 0.0316 e. The molecule has 1 aromatic carbocycles. The fourth-order valence-electron chi connectivity index (χ4n) is 1.63. The van der Waals surface area contributed by atoms with Gasteiger partial charge in [-0.05, 0) is 49.6 Å². The van der Waals surface area contributed by atoms with Gasteiger partial charge in [0.15, 0.2) is 0 Å². The van der Waals surface area contributed by atoms with Gasteiger partial charge in [0.05, 0.1) is 0 Å². The van der Waals surface area contributed by atoms with Crippen molar-refractivity contribution < 1.29 is 0 Å². The molecule has 0 aliphatic rings. The minimum absolute atomic E-state index is 0.777. The van der Waals surface area contributed by atoms with E-state index >= 15 is 0 Å². The molecule has 0 saturated heterocycles. The lowest BCUT2D eigenvalue weighted by atomic mass is 9.99. The Bertz CT molecular complexity index is 437. The van der Waals surface area contributed by atoms with Gasteiger partial charge < -0.3 is 5.73 Å². The fraction of sp³-hybridized carbons (Fsp3) is 0.200. The van der Waals surface area contributed by atoms with E-state index in [2.05, 4.69) is 25.1 Å². The molecule has 84 valence electrons. The molecule has 2 N–H and O–H groups in total. The van der Waals surface area contributed by atoms with E-state index < -0.39 is 0 Å². The Labute approximate surface area is 98.0 Å². The molecule has 0 aliphatic carbocycles. The Morgan fingerprint density at radius 3 is 2.44 bits per heavy atom. The van der Waals surface area contributed by atoms with Crippen molar-refractivity contribution in [2.24, 2.45) is 5.73 Å². The van der Waals surface area contributed by atoms with E-state index in [1.807, 2.05) is 44.2 Å². The predicted molar refractivity (Wildman–Crippen MR) is 71.9 cm³/mol. The minimum atomic E-state index is 0.777. The maximum atomic E-state index is 5.88. The van der Waals surface area contributed by atoms with E-state index in [4.69, 9.17) is 5.73 Å². The SMILES string of the molecule is C\C=C/C(N)=C\C(=C/C)c1ccccc1C. The summed E-state index contributed by atoms with van der Waals surface area (Å²) in [4.78, 5) is 0. The summed E-state index contributed by atoms with van der Waals surface area (Å²) < 4.78 is 0. The Balaban J connectivity index is 3.11. The molecule has 0 radical (unpaired) electrons. The first-order valence-electron chi connectivity index (χ1n) is 5.51. The van der Waals surface area contributed by atoms with Crippen LogP contribution in [-0.2, 0) is 0 Å². The molecule has 1 aromatic rings. The van der Waals surface area contributed by atoms with Crippen LogP contribution in [0.4, 0.5) is 0 Å². The summed E-state index contributed by atoms with van der Waals surface area (Å²) in [6.07, 6.45) is 7.93. The molecule has 0 saturated carbocycles. The second kappa shape index (κ2) is 5.96. The maximum absolute atomic E-state index is 5.88. The van der Waals surface area contributed by atoms with Crippen molar-refractivity contribution >= 4 is 5.57 Å². The van der Waals surface area contributed by atoms with Crippen LogP contribution in [0.2, 0.25) is 0 Å². The number of nitrogens with two attached hydrogens (primary N) is 1. The van der Waals surface area contributed by atoms with Crippen LogP contribution in [0.1, 0.15) is 25.0 Å². The van der Waals surface area contributed by atoms with Gasteiger partial charge in [-0.1, -0.05) is 36.4 Å².